The Kier molecular flexibility index (Phi) is 3.93. The molecule has 0 aromatic heterocycles. The normalized spacial score (nSPS) is 21.1. The van der Waals surface area contributed by atoms with Crippen LogP contribution in [0, 0.1) is 5.92 Å². The highest BCUT2D eigenvalue weighted by atomic mass is 16.2. The monoisotopic (exact) mass is 198 g/mol. The summed E-state index contributed by atoms with van der Waals surface area (Å²) in [5.74, 6) is 0.302. The lowest BCUT2D eigenvalue weighted by Crippen LogP contribution is -2.52. The minimum absolute atomic E-state index is 0.0913. The third-order valence-electron chi connectivity index (χ3n) is 3.17. The summed E-state index contributed by atoms with van der Waals surface area (Å²) in [6.45, 7) is 4.78. The van der Waals surface area contributed by atoms with Crippen molar-refractivity contribution in [3.05, 3.63) is 0 Å². The van der Waals surface area contributed by atoms with Crippen molar-refractivity contribution in [1.29, 1.82) is 0 Å². The smallest absolute Gasteiger partial charge is 0.223 e. The standard InChI is InChI=1S/C11H22N2O/c1-9(5-3-8-12)10(14)13-11(2)6-4-7-11/h9H,3-8,12H2,1-2H3,(H,13,14). The lowest BCUT2D eigenvalue weighted by Gasteiger charge is -2.39. The molecule has 0 spiro atoms. The van der Waals surface area contributed by atoms with Crippen LogP contribution in [0.4, 0.5) is 0 Å². The third kappa shape index (κ3) is 2.98. The average Bonchev–Trinajstić information content (AvgIpc) is 2.11. The van der Waals surface area contributed by atoms with Gasteiger partial charge in [-0.05, 0) is 45.6 Å². The van der Waals surface area contributed by atoms with Crippen molar-refractivity contribution >= 4 is 5.91 Å². The zero-order valence-corrected chi connectivity index (χ0v) is 9.31. The molecule has 1 rings (SSSR count). The molecule has 0 aromatic carbocycles. The minimum Gasteiger partial charge on any atom is -0.351 e. The molecule has 0 saturated heterocycles. The lowest BCUT2D eigenvalue weighted by molar-refractivity contribution is -0.127. The van der Waals surface area contributed by atoms with Gasteiger partial charge in [-0.1, -0.05) is 6.92 Å². The number of rotatable bonds is 5. The molecular weight excluding hydrogens is 176 g/mol. The maximum atomic E-state index is 11.7. The Labute approximate surface area is 86.4 Å². The fraction of sp³-hybridized carbons (Fsp3) is 0.909. The van der Waals surface area contributed by atoms with Gasteiger partial charge in [-0.2, -0.15) is 0 Å². The van der Waals surface area contributed by atoms with E-state index in [-0.39, 0.29) is 17.4 Å². The van der Waals surface area contributed by atoms with Crippen molar-refractivity contribution in [3.63, 3.8) is 0 Å². The van der Waals surface area contributed by atoms with E-state index in [2.05, 4.69) is 12.2 Å². The van der Waals surface area contributed by atoms with E-state index in [1.807, 2.05) is 6.92 Å². The van der Waals surface area contributed by atoms with Gasteiger partial charge in [-0.15, -0.1) is 0 Å². The van der Waals surface area contributed by atoms with Crippen LogP contribution in [0.3, 0.4) is 0 Å². The molecule has 0 aromatic rings. The predicted molar refractivity (Wildman–Crippen MR) is 57.9 cm³/mol. The first-order valence-electron chi connectivity index (χ1n) is 5.59. The molecule has 1 aliphatic carbocycles. The molecule has 0 radical (unpaired) electrons. The SMILES string of the molecule is CC(CCCN)C(=O)NC1(C)CCC1. The molecule has 1 unspecified atom stereocenters. The Bertz CT molecular complexity index is 199. The summed E-state index contributed by atoms with van der Waals surface area (Å²) >= 11 is 0. The van der Waals surface area contributed by atoms with Crippen LogP contribution in [0.15, 0.2) is 0 Å². The third-order valence-corrected chi connectivity index (χ3v) is 3.17. The molecule has 14 heavy (non-hydrogen) atoms. The second kappa shape index (κ2) is 4.78. The number of nitrogens with two attached hydrogens (primary N) is 1. The maximum Gasteiger partial charge on any atom is 0.223 e. The molecule has 1 saturated carbocycles. The van der Waals surface area contributed by atoms with Crippen molar-refractivity contribution < 1.29 is 4.79 Å². The van der Waals surface area contributed by atoms with E-state index in [1.165, 1.54) is 6.42 Å². The zero-order valence-electron chi connectivity index (χ0n) is 9.31. The van der Waals surface area contributed by atoms with Gasteiger partial charge in [0.15, 0.2) is 0 Å². The van der Waals surface area contributed by atoms with Crippen molar-refractivity contribution in [3.8, 4) is 0 Å². The predicted octanol–water partition coefficient (Wildman–Crippen LogP) is 1.42. The molecule has 0 bridgehead atoms. The summed E-state index contributed by atoms with van der Waals surface area (Å²) in [5.41, 5.74) is 5.50. The first kappa shape index (κ1) is 11.5. The fourth-order valence-corrected chi connectivity index (χ4v) is 1.81. The molecule has 1 aliphatic rings. The van der Waals surface area contributed by atoms with Gasteiger partial charge >= 0.3 is 0 Å². The van der Waals surface area contributed by atoms with Gasteiger partial charge in [0, 0.05) is 11.5 Å². The average molecular weight is 198 g/mol. The van der Waals surface area contributed by atoms with Crippen LogP contribution in [-0.4, -0.2) is 18.0 Å². The van der Waals surface area contributed by atoms with Crippen LogP contribution in [0.2, 0.25) is 0 Å². The van der Waals surface area contributed by atoms with Crippen molar-refractivity contribution in [2.45, 2.75) is 51.5 Å². The highest BCUT2D eigenvalue weighted by Crippen LogP contribution is 2.31. The first-order chi connectivity index (χ1) is 6.57. The van der Waals surface area contributed by atoms with Crippen LogP contribution in [0.25, 0.3) is 0 Å². The quantitative estimate of drug-likeness (QED) is 0.702. The van der Waals surface area contributed by atoms with Gasteiger partial charge in [0.25, 0.3) is 0 Å². The summed E-state index contributed by atoms with van der Waals surface area (Å²) in [4.78, 5) is 11.7. The number of hydrogen-bond acceptors (Lipinski definition) is 2. The molecule has 3 nitrogen and oxygen atoms in total. The number of hydrogen-bond donors (Lipinski definition) is 2. The molecule has 82 valence electrons. The Morgan fingerprint density at radius 2 is 2.21 bits per heavy atom. The summed E-state index contributed by atoms with van der Waals surface area (Å²) in [6, 6.07) is 0. The number of nitrogens with one attached hydrogen (secondary N) is 1. The molecule has 0 aliphatic heterocycles. The molecular formula is C11H22N2O. The van der Waals surface area contributed by atoms with E-state index < -0.39 is 0 Å². The van der Waals surface area contributed by atoms with Gasteiger partial charge in [0.1, 0.15) is 0 Å². The highest BCUT2D eigenvalue weighted by molar-refractivity contribution is 5.79. The van der Waals surface area contributed by atoms with Crippen LogP contribution in [-0.2, 0) is 4.79 Å². The van der Waals surface area contributed by atoms with Crippen LogP contribution in [0.5, 0.6) is 0 Å². The maximum absolute atomic E-state index is 11.7. The molecule has 3 N–H and O–H groups in total. The van der Waals surface area contributed by atoms with Gasteiger partial charge in [0.2, 0.25) is 5.91 Å². The topological polar surface area (TPSA) is 55.1 Å². The summed E-state index contributed by atoms with van der Waals surface area (Å²) in [6.07, 6.45) is 5.34. The minimum atomic E-state index is 0.0913. The van der Waals surface area contributed by atoms with E-state index in [0.717, 1.165) is 25.7 Å². The molecule has 1 fully saturated rings. The van der Waals surface area contributed by atoms with E-state index in [1.54, 1.807) is 0 Å². The number of amides is 1. The lowest BCUT2D eigenvalue weighted by atomic mass is 9.78. The van der Waals surface area contributed by atoms with E-state index >= 15 is 0 Å². The molecule has 3 heteroatoms. The van der Waals surface area contributed by atoms with Crippen molar-refractivity contribution in [1.82, 2.24) is 5.32 Å². The van der Waals surface area contributed by atoms with Crippen LogP contribution < -0.4 is 11.1 Å². The van der Waals surface area contributed by atoms with Gasteiger partial charge < -0.3 is 11.1 Å². The Balaban J connectivity index is 2.26. The second-order valence-corrected chi connectivity index (χ2v) is 4.74. The van der Waals surface area contributed by atoms with E-state index in [4.69, 9.17) is 5.73 Å². The second-order valence-electron chi connectivity index (χ2n) is 4.74. The van der Waals surface area contributed by atoms with E-state index in [9.17, 15) is 4.79 Å². The first-order valence-corrected chi connectivity index (χ1v) is 5.59. The Morgan fingerprint density at radius 1 is 1.57 bits per heavy atom. The Hall–Kier alpha value is -0.570. The summed E-state index contributed by atoms with van der Waals surface area (Å²) < 4.78 is 0. The number of carbonyl (C=O) groups is 1. The van der Waals surface area contributed by atoms with E-state index in [0.29, 0.717) is 6.54 Å². The number of carbonyl (C=O) groups excluding carboxylic acids is 1. The zero-order chi connectivity index (χ0) is 10.6. The van der Waals surface area contributed by atoms with Gasteiger partial charge in [0.05, 0.1) is 0 Å². The fourth-order valence-electron chi connectivity index (χ4n) is 1.81. The molecule has 0 heterocycles. The van der Waals surface area contributed by atoms with Crippen LogP contribution >= 0.6 is 0 Å². The molecule has 1 atom stereocenters. The summed E-state index contributed by atoms with van der Waals surface area (Å²) in [5, 5.41) is 3.12. The van der Waals surface area contributed by atoms with Gasteiger partial charge in [-0.3, -0.25) is 4.79 Å². The van der Waals surface area contributed by atoms with Crippen molar-refractivity contribution in [2.24, 2.45) is 11.7 Å². The molecule has 1 amide bonds. The van der Waals surface area contributed by atoms with Gasteiger partial charge in [-0.25, -0.2) is 0 Å². The highest BCUT2D eigenvalue weighted by Gasteiger charge is 2.33. The van der Waals surface area contributed by atoms with Crippen LogP contribution in [0.1, 0.15) is 46.0 Å². The summed E-state index contributed by atoms with van der Waals surface area (Å²) in [7, 11) is 0. The largest absolute Gasteiger partial charge is 0.351 e. The Morgan fingerprint density at radius 3 is 2.64 bits per heavy atom. The van der Waals surface area contributed by atoms with Crippen molar-refractivity contribution in [2.75, 3.05) is 6.54 Å².